The van der Waals surface area contributed by atoms with E-state index in [9.17, 15) is 5.11 Å². The Morgan fingerprint density at radius 2 is 2.00 bits per heavy atom. The molecule has 0 aliphatic rings. The van der Waals surface area contributed by atoms with E-state index in [1.165, 1.54) is 6.08 Å². The third-order valence-corrected chi connectivity index (χ3v) is 2.04. The predicted octanol–water partition coefficient (Wildman–Crippen LogP) is 2.15. The first-order valence-electron chi connectivity index (χ1n) is 4.43. The third-order valence-electron chi connectivity index (χ3n) is 2.04. The Kier molecular flexibility index (Phi) is 4.32. The monoisotopic (exact) mass is 194 g/mol. The molecular weight excluding hydrogens is 180 g/mol. The van der Waals surface area contributed by atoms with Crippen LogP contribution in [0.5, 0.6) is 0 Å². The summed E-state index contributed by atoms with van der Waals surface area (Å²) in [5.41, 5.74) is 0.802. The van der Waals surface area contributed by atoms with E-state index in [1.807, 2.05) is 30.3 Å². The van der Waals surface area contributed by atoms with E-state index in [4.69, 9.17) is 5.26 Å². The number of aliphatic hydroxyl groups is 1. The van der Waals surface area contributed by atoms with Crippen molar-refractivity contribution < 1.29 is 15.3 Å². The Labute approximate surface area is 83.2 Å². The lowest BCUT2D eigenvalue weighted by Gasteiger charge is -2.14. The molecule has 3 heteroatoms. The van der Waals surface area contributed by atoms with Crippen LogP contribution in [0.1, 0.15) is 18.1 Å². The summed E-state index contributed by atoms with van der Waals surface area (Å²) in [4.78, 5) is 4.11. The van der Waals surface area contributed by atoms with Gasteiger partial charge < -0.3 is 5.11 Å². The van der Waals surface area contributed by atoms with Crippen molar-refractivity contribution in [2.24, 2.45) is 0 Å². The summed E-state index contributed by atoms with van der Waals surface area (Å²) < 4.78 is 0. The summed E-state index contributed by atoms with van der Waals surface area (Å²) in [6.07, 6.45) is 0.562. The first-order valence-corrected chi connectivity index (χ1v) is 4.43. The van der Waals surface area contributed by atoms with Crippen LogP contribution >= 0.6 is 0 Å². The highest BCUT2D eigenvalue weighted by molar-refractivity contribution is 5.17. The molecule has 0 fully saturated rings. The normalized spacial score (nSPS) is 14.7. The zero-order valence-electron chi connectivity index (χ0n) is 7.84. The fraction of sp³-hybridized carbons (Fsp3) is 0.273. The van der Waals surface area contributed by atoms with Gasteiger partial charge in [-0.15, -0.1) is 6.58 Å². The van der Waals surface area contributed by atoms with Crippen molar-refractivity contribution in [3.05, 3.63) is 48.6 Å². The maximum absolute atomic E-state index is 9.71. The summed E-state index contributed by atoms with van der Waals surface area (Å²) >= 11 is 0. The van der Waals surface area contributed by atoms with Crippen LogP contribution in [0.3, 0.4) is 0 Å². The average Bonchev–Trinajstić information content (AvgIpc) is 2.26. The molecule has 76 valence electrons. The average molecular weight is 194 g/mol. The number of hydrogen-bond acceptors (Lipinski definition) is 3. The second kappa shape index (κ2) is 5.54. The van der Waals surface area contributed by atoms with Gasteiger partial charge in [0.1, 0.15) is 6.10 Å². The lowest BCUT2D eigenvalue weighted by molar-refractivity contribution is -0.270. The van der Waals surface area contributed by atoms with E-state index >= 15 is 0 Å². The minimum absolute atomic E-state index is 0.296. The Morgan fingerprint density at radius 1 is 1.36 bits per heavy atom. The summed E-state index contributed by atoms with van der Waals surface area (Å²) in [6, 6.07) is 9.22. The summed E-state index contributed by atoms with van der Waals surface area (Å²) in [5.74, 6) is 0. The van der Waals surface area contributed by atoms with Crippen molar-refractivity contribution in [3.8, 4) is 0 Å². The van der Waals surface area contributed by atoms with Gasteiger partial charge in [0.15, 0.2) is 0 Å². The molecule has 1 aromatic rings. The highest BCUT2D eigenvalue weighted by atomic mass is 17.1. The Bertz CT molecular complexity index is 271. The van der Waals surface area contributed by atoms with Gasteiger partial charge >= 0.3 is 0 Å². The molecule has 2 N–H and O–H groups in total. The molecule has 2 atom stereocenters. The van der Waals surface area contributed by atoms with Gasteiger partial charge in [-0.25, -0.2) is 4.89 Å². The van der Waals surface area contributed by atoms with E-state index in [0.717, 1.165) is 5.56 Å². The lowest BCUT2D eigenvalue weighted by Crippen LogP contribution is -2.12. The van der Waals surface area contributed by atoms with Crippen molar-refractivity contribution in [2.75, 3.05) is 0 Å². The van der Waals surface area contributed by atoms with Crippen molar-refractivity contribution in [1.29, 1.82) is 0 Å². The molecular formula is C11H14O3. The number of aliphatic hydroxyl groups excluding tert-OH is 1. The quantitative estimate of drug-likeness (QED) is 0.429. The molecule has 14 heavy (non-hydrogen) atoms. The minimum Gasteiger partial charge on any atom is -0.388 e. The van der Waals surface area contributed by atoms with Gasteiger partial charge in [-0.2, -0.15) is 0 Å². The van der Waals surface area contributed by atoms with Crippen LogP contribution in [0.25, 0.3) is 0 Å². The van der Waals surface area contributed by atoms with Gasteiger partial charge in [-0.3, -0.25) is 5.26 Å². The van der Waals surface area contributed by atoms with E-state index in [1.54, 1.807) is 0 Å². The van der Waals surface area contributed by atoms with Crippen molar-refractivity contribution in [3.63, 3.8) is 0 Å². The molecule has 0 radical (unpaired) electrons. The van der Waals surface area contributed by atoms with Gasteiger partial charge in [0.05, 0.1) is 6.10 Å². The molecule has 0 spiro atoms. The first kappa shape index (κ1) is 10.9. The van der Waals surface area contributed by atoms with Crippen LogP contribution in [0, 0.1) is 0 Å². The third kappa shape index (κ3) is 2.96. The van der Waals surface area contributed by atoms with Crippen molar-refractivity contribution >= 4 is 0 Å². The van der Waals surface area contributed by atoms with E-state index < -0.39 is 12.2 Å². The Hall–Kier alpha value is -1.16. The highest BCUT2D eigenvalue weighted by Gasteiger charge is 2.13. The zero-order chi connectivity index (χ0) is 10.4. The van der Waals surface area contributed by atoms with E-state index in [-0.39, 0.29) is 0 Å². The van der Waals surface area contributed by atoms with Gasteiger partial charge in [-0.05, 0) is 5.56 Å². The number of hydrogen-bond donors (Lipinski definition) is 2. The van der Waals surface area contributed by atoms with Gasteiger partial charge in [0.2, 0.25) is 0 Å². The maximum Gasteiger partial charge on any atom is 0.113 e. The summed E-state index contributed by atoms with van der Waals surface area (Å²) in [6.45, 7) is 3.48. The van der Waals surface area contributed by atoms with Crippen LogP contribution in [0.15, 0.2) is 43.0 Å². The molecule has 0 aromatic heterocycles. The van der Waals surface area contributed by atoms with Gasteiger partial charge in [0, 0.05) is 6.42 Å². The molecule has 0 aliphatic carbocycles. The number of benzene rings is 1. The second-order valence-electron chi connectivity index (χ2n) is 3.04. The Morgan fingerprint density at radius 3 is 2.50 bits per heavy atom. The Balaban J connectivity index is 2.58. The van der Waals surface area contributed by atoms with E-state index in [0.29, 0.717) is 6.42 Å². The second-order valence-corrected chi connectivity index (χ2v) is 3.04. The van der Waals surface area contributed by atoms with Crippen LogP contribution in [-0.4, -0.2) is 16.5 Å². The van der Waals surface area contributed by atoms with Gasteiger partial charge in [-0.1, -0.05) is 36.4 Å². The fourth-order valence-electron chi connectivity index (χ4n) is 1.21. The van der Waals surface area contributed by atoms with Crippen LogP contribution in [-0.2, 0) is 4.89 Å². The van der Waals surface area contributed by atoms with Crippen molar-refractivity contribution in [1.82, 2.24) is 0 Å². The molecule has 0 saturated carbocycles. The molecule has 0 heterocycles. The molecule has 1 rings (SSSR count). The predicted molar refractivity (Wildman–Crippen MR) is 53.7 cm³/mol. The minimum atomic E-state index is -0.647. The van der Waals surface area contributed by atoms with E-state index in [2.05, 4.69) is 11.5 Å². The molecule has 0 saturated heterocycles. The lowest BCUT2D eigenvalue weighted by atomic mass is 10.0. The standard InChI is InChI=1S/C11H14O3/c1-2-10(14-13)8-11(12)9-6-4-3-5-7-9/h2-7,10-13H,1,8H2/t10-,11-/m1/s1. The zero-order valence-corrected chi connectivity index (χ0v) is 7.84. The summed E-state index contributed by atoms with van der Waals surface area (Å²) in [7, 11) is 0. The topological polar surface area (TPSA) is 49.7 Å². The molecule has 0 unspecified atom stereocenters. The number of rotatable bonds is 5. The van der Waals surface area contributed by atoms with Crippen LogP contribution in [0.4, 0.5) is 0 Å². The molecule has 0 amide bonds. The largest absolute Gasteiger partial charge is 0.388 e. The molecule has 3 nitrogen and oxygen atoms in total. The van der Waals surface area contributed by atoms with Gasteiger partial charge in [0.25, 0.3) is 0 Å². The SMILES string of the molecule is C=C[C@H](C[C@@H](O)c1ccccc1)OO. The smallest absolute Gasteiger partial charge is 0.113 e. The maximum atomic E-state index is 9.71. The highest BCUT2D eigenvalue weighted by Crippen LogP contribution is 2.19. The first-order chi connectivity index (χ1) is 6.77. The molecule has 0 bridgehead atoms. The fourth-order valence-corrected chi connectivity index (χ4v) is 1.21. The molecule has 1 aromatic carbocycles. The van der Waals surface area contributed by atoms with Crippen molar-refractivity contribution in [2.45, 2.75) is 18.6 Å². The van der Waals surface area contributed by atoms with Crippen LogP contribution < -0.4 is 0 Å². The van der Waals surface area contributed by atoms with Crippen LogP contribution in [0.2, 0.25) is 0 Å². The molecule has 0 aliphatic heterocycles. The summed E-state index contributed by atoms with van der Waals surface area (Å²) in [5, 5.41) is 18.2.